The van der Waals surface area contributed by atoms with Gasteiger partial charge in [-0.2, -0.15) is 0 Å². The second-order valence-corrected chi connectivity index (χ2v) is 4.01. The number of carbonyl (C=O) groups is 1. The van der Waals surface area contributed by atoms with E-state index in [1.165, 1.54) is 0 Å². The topological polar surface area (TPSA) is 53.2 Å². The molecule has 4 nitrogen and oxygen atoms in total. The normalized spacial score (nSPS) is 20.1. The van der Waals surface area contributed by atoms with Gasteiger partial charge >= 0.3 is 6.03 Å². The van der Waals surface area contributed by atoms with Crippen molar-refractivity contribution in [2.75, 3.05) is 18.4 Å². The number of carbonyl (C=O) groups excluding carboxylic acids is 1. The molecule has 3 N–H and O–H groups in total. The summed E-state index contributed by atoms with van der Waals surface area (Å²) in [7, 11) is 0. The van der Waals surface area contributed by atoms with E-state index in [9.17, 15) is 4.79 Å². The standard InChI is InChI=1S/C12H17N3O/c16-12(14-10-5-2-1-3-6-10)15-11-7-4-8-13-9-11/h1-3,5-6,11,13H,4,7-9H2,(H2,14,15,16)/t11-/m0/s1. The lowest BCUT2D eigenvalue weighted by molar-refractivity contribution is 0.245. The van der Waals surface area contributed by atoms with Crippen molar-refractivity contribution in [2.45, 2.75) is 18.9 Å². The fraction of sp³-hybridized carbons (Fsp3) is 0.417. The van der Waals surface area contributed by atoms with Gasteiger partial charge in [-0.3, -0.25) is 0 Å². The molecule has 1 atom stereocenters. The molecule has 0 bridgehead atoms. The first-order valence-corrected chi connectivity index (χ1v) is 5.68. The Balaban J connectivity index is 1.80. The molecule has 0 unspecified atom stereocenters. The Labute approximate surface area is 95.4 Å². The minimum absolute atomic E-state index is 0.125. The molecule has 2 amide bonds. The van der Waals surface area contributed by atoms with Gasteiger partial charge in [-0.1, -0.05) is 18.2 Å². The SMILES string of the molecule is O=C(Nc1ccccc1)N[C@H]1CCCNC1. The summed E-state index contributed by atoms with van der Waals surface area (Å²) in [6.07, 6.45) is 2.17. The summed E-state index contributed by atoms with van der Waals surface area (Å²) in [5.74, 6) is 0. The van der Waals surface area contributed by atoms with Crippen LogP contribution in [0.5, 0.6) is 0 Å². The highest BCUT2D eigenvalue weighted by molar-refractivity contribution is 5.89. The van der Waals surface area contributed by atoms with Crippen LogP contribution in [0.1, 0.15) is 12.8 Å². The fourth-order valence-corrected chi connectivity index (χ4v) is 1.85. The van der Waals surface area contributed by atoms with Gasteiger partial charge in [-0.05, 0) is 31.5 Å². The van der Waals surface area contributed by atoms with Gasteiger partial charge in [-0.25, -0.2) is 4.79 Å². The summed E-state index contributed by atoms with van der Waals surface area (Å²) in [6.45, 7) is 1.92. The smallest absolute Gasteiger partial charge is 0.319 e. The molecule has 1 aromatic rings. The molecular weight excluding hydrogens is 202 g/mol. The lowest BCUT2D eigenvalue weighted by atomic mass is 10.1. The maximum absolute atomic E-state index is 11.6. The van der Waals surface area contributed by atoms with Crippen molar-refractivity contribution in [3.05, 3.63) is 30.3 Å². The second-order valence-electron chi connectivity index (χ2n) is 4.01. The highest BCUT2D eigenvalue weighted by Crippen LogP contribution is 2.05. The van der Waals surface area contributed by atoms with Crippen LogP contribution < -0.4 is 16.0 Å². The maximum Gasteiger partial charge on any atom is 0.319 e. The fourth-order valence-electron chi connectivity index (χ4n) is 1.85. The van der Waals surface area contributed by atoms with Crippen LogP contribution in [0.15, 0.2) is 30.3 Å². The number of rotatable bonds is 2. The van der Waals surface area contributed by atoms with Crippen LogP contribution in [0.25, 0.3) is 0 Å². The summed E-state index contributed by atoms with van der Waals surface area (Å²) < 4.78 is 0. The Morgan fingerprint density at radius 2 is 2.12 bits per heavy atom. The Bertz CT molecular complexity index is 333. The minimum Gasteiger partial charge on any atom is -0.334 e. The van der Waals surface area contributed by atoms with E-state index in [0.717, 1.165) is 31.6 Å². The molecule has 16 heavy (non-hydrogen) atoms. The monoisotopic (exact) mass is 219 g/mol. The molecule has 0 radical (unpaired) electrons. The number of urea groups is 1. The van der Waals surface area contributed by atoms with Crippen molar-refractivity contribution in [3.8, 4) is 0 Å². The molecule has 1 aliphatic heterocycles. The first-order chi connectivity index (χ1) is 7.84. The van der Waals surface area contributed by atoms with Gasteiger partial charge in [-0.15, -0.1) is 0 Å². The van der Waals surface area contributed by atoms with E-state index >= 15 is 0 Å². The average molecular weight is 219 g/mol. The third kappa shape index (κ3) is 3.24. The Morgan fingerprint density at radius 1 is 1.31 bits per heavy atom. The highest BCUT2D eigenvalue weighted by Gasteiger charge is 2.14. The molecule has 1 saturated heterocycles. The number of para-hydroxylation sites is 1. The van der Waals surface area contributed by atoms with Crippen molar-refractivity contribution in [2.24, 2.45) is 0 Å². The first-order valence-electron chi connectivity index (χ1n) is 5.68. The van der Waals surface area contributed by atoms with E-state index in [1.54, 1.807) is 0 Å². The quantitative estimate of drug-likeness (QED) is 0.707. The summed E-state index contributed by atoms with van der Waals surface area (Å²) in [6, 6.07) is 9.60. The van der Waals surface area contributed by atoms with E-state index in [-0.39, 0.29) is 12.1 Å². The Hall–Kier alpha value is -1.55. The van der Waals surface area contributed by atoms with E-state index < -0.39 is 0 Å². The van der Waals surface area contributed by atoms with Crippen molar-refractivity contribution in [3.63, 3.8) is 0 Å². The minimum atomic E-state index is -0.125. The van der Waals surface area contributed by atoms with Crippen LogP contribution in [-0.2, 0) is 0 Å². The zero-order valence-electron chi connectivity index (χ0n) is 9.20. The van der Waals surface area contributed by atoms with Gasteiger partial charge < -0.3 is 16.0 Å². The lowest BCUT2D eigenvalue weighted by Gasteiger charge is -2.23. The summed E-state index contributed by atoms with van der Waals surface area (Å²) in [5, 5.41) is 9.03. The van der Waals surface area contributed by atoms with Crippen LogP contribution in [0.4, 0.5) is 10.5 Å². The molecule has 1 aromatic carbocycles. The van der Waals surface area contributed by atoms with Crippen molar-refractivity contribution >= 4 is 11.7 Å². The van der Waals surface area contributed by atoms with Gasteiger partial charge in [0.05, 0.1) is 0 Å². The van der Waals surface area contributed by atoms with Crippen LogP contribution in [-0.4, -0.2) is 25.2 Å². The number of piperidine rings is 1. The largest absolute Gasteiger partial charge is 0.334 e. The molecule has 86 valence electrons. The third-order valence-electron chi connectivity index (χ3n) is 2.66. The summed E-state index contributed by atoms with van der Waals surface area (Å²) in [4.78, 5) is 11.6. The van der Waals surface area contributed by atoms with Crippen LogP contribution >= 0.6 is 0 Å². The average Bonchev–Trinajstić information content (AvgIpc) is 2.31. The van der Waals surface area contributed by atoms with Crippen molar-refractivity contribution in [1.29, 1.82) is 0 Å². The van der Waals surface area contributed by atoms with E-state index in [2.05, 4.69) is 16.0 Å². The number of hydrogen-bond donors (Lipinski definition) is 3. The second kappa shape index (κ2) is 5.51. The van der Waals surface area contributed by atoms with Gasteiger partial charge in [0.1, 0.15) is 0 Å². The number of benzene rings is 1. The van der Waals surface area contributed by atoms with Crippen LogP contribution in [0.3, 0.4) is 0 Å². The zero-order chi connectivity index (χ0) is 11.2. The highest BCUT2D eigenvalue weighted by atomic mass is 16.2. The van der Waals surface area contributed by atoms with Crippen LogP contribution in [0, 0.1) is 0 Å². The third-order valence-corrected chi connectivity index (χ3v) is 2.66. The van der Waals surface area contributed by atoms with E-state index in [0.29, 0.717) is 0 Å². The molecular formula is C12H17N3O. The van der Waals surface area contributed by atoms with Gasteiger partial charge in [0.25, 0.3) is 0 Å². The first kappa shape index (κ1) is 11.0. The lowest BCUT2D eigenvalue weighted by Crippen LogP contribution is -2.47. The van der Waals surface area contributed by atoms with E-state index in [1.807, 2.05) is 30.3 Å². The molecule has 1 heterocycles. The number of amides is 2. The molecule has 0 aliphatic carbocycles. The van der Waals surface area contributed by atoms with Crippen LogP contribution in [0.2, 0.25) is 0 Å². The number of hydrogen-bond acceptors (Lipinski definition) is 2. The summed E-state index contributed by atoms with van der Waals surface area (Å²) in [5.41, 5.74) is 0.823. The Kier molecular flexibility index (Phi) is 3.77. The number of anilines is 1. The Morgan fingerprint density at radius 3 is 2.81 bits per heavy atom. The maximum atomic E-state index is 11.6. The predicted molar refractivity (Wildman–Crippen MR) is 64.5 cm³/mol. The van der Waals surface area contributed by atoms with Gasteiger partial charge in [0.15, 0.2) is 0 Å². The molecule has 0 spiro atoms. The predicted octanol–water partition coefficient (Wildman–Crippen LogP) is 1.56. The molecule has 4 heteroatoms. The molecule has 2 rings (SSSR count). The number of nitrogens with one attached hydrogen (secondary N) is 3. The van der Waals surface area contributed by atoms with Crippen molar-refractivity contribution < 1.29 is 4.79 Å². The molecule has 0 saturated carbocycles. The zero-order valence-corrected chi connectivity index (χ0v) is 9.20. The van der Waals surface area contributed by atoms with Gasteiger partial charge in [0, 0.05) is 18.3 Å². The van der Waals surface area contributed by atoms with E-state index in [4.69, 9.17) is 0 Å². The summed E-state index contributed by atoms with van der Waals surface area (Å²) >= 11 is 0. The van der Waals surface area contributed by atoms with Crippen molar-refractivity contribution in [1.82, 2.24) is 10.6 Å². The molecule has 1 aliphatic rings. The van der Waals surface area contributed by atoms with Gasteiger partial charge in [0.2, 0.25) is 0 Å². The molecule has 1 fully saturated rings. The molecule has 0 aromatic heterocycles.